The van der Waals surface area contributed by atoms with Crippen molar-refractivity contribution < 1.29 is 4.79 Å². The molecule has 78 valence electrons. The molecule has 4 heteroatoms. The highest BCUT2D eigenvalue weighted by atomic mass is 16.2. The number of carbonyl (C=O) groups is 1. The molecule has 0 aromatic carbocycles. The SMILES string of the molecule is Cc1ccn(CC(=O)NC(C)(C)C)n1. The molecule has 0 aliphatic heterocycles. The van der Waals surface area contributed by atoms with Gasteiger partial charge in [-0.15, -0.1) is 0 Å². The van der Waals surface area contributed by atoms with Gasteiger partial charge in [0.2, 0.25) is 5.91 Å². The Morgan fingerprint density at radius 3 is 2.64 bits per heavy atom. The summed E-state index contributed by atoms with van der Waals surface area (Å²) in [5, 5.41) is 7.01. The average Bonchev–Trinajstić information content (AvgIpc) is 2.30. The molecule has 1 N–H and O–H groups in total. The van der Waals surface area contributed by atoms with E-state index in [4.69, 9.17) is 0 Å². The summed E-state index contributed by atoms with van der Waals surface area (Å²) in [6.07, 6.45) is 1.80. The van der Waals surface area contributed by atoms with Gasteiger partial charge in [0.25, 0.3) is 0 Å². The van der Waals surface area contributed by atoms with E-state index in [1.807, 2.05) is 33.8 Å². The van der Waals surface area contributed by atoms with Gasteiger partial charge in [0.15, 0.2) is 0 Å². The second-order valence-corrected chi connectivity index (χ2v) is 4.45. The van der Waals surface area contributed by atoms with Crippen LogP contribution in [0.15, 0.2) is 12.3 Å². The van der Waals surface area contributed by atoms with Crippen molar-refractivity contribution in [2.24, 2.45) is 0 Å². The summed E-state index contributed by atoms with van der Waals surface area (Å²) in [5.74, 6) is -0.0133. The standard InChI is InChI=1S/C10H17N3O/c1-8-5-6-13(12-8)7-9(14)11-10(2,3)4/h5-6H,7H2,1-4H3,(H,11,14). The van der Waals surface area contributed by atoms with E-state index < -0.39 is 0 Å². The molecular formula is C10H17N3O. The van der Waals surface area contributed by atoms with Gasteiger partial charge in [-0.05, 0) is 33.8 Å². The van der Waals surface area contributed by atoms with Crippen molar-refractivity contribution in [1.82, 2.24) is 15.1 Å². The Morgan fingerprint density at radius 2 is 2.21 bits per heavy atom. The van der Waals surface area contributed by atoms with Gasteiger partial charge in [0.05, 0.1) is 5.69 Å². The molecule has 1 aromatic heterocycles. The molecule has 4 nitrogen and oxygen atoms in total. The molecule has 1 rings (SSSR count). The molecule has 1 heterocycles. The lowest BCUT2D eigenvalue weighted by atomic mass is 10.1. The minimum atomic E-state index is -0.181. The van der Waals surface area contributed by atoms with Crippen LogP contribution in [0.5, 0.6) is 0 Å². The molecule has 1 amide bonds. The average molecular weight is 195 g/mol. The van der Waals surface area contributed by atoms with Gasteiger partial charge in [-0.2, -0.15) is 5.10 Å². The van der Waals surface area contributed by atoms with E-state index in [2.05, 4.69) is 10.4 Å². The van der Waals surface area contributed by atoms with Gasteiger partial charge in [-0.1, -0.05) is 0 Å². The predicted molar refractivity (Wildman–Crippen MR) is 54.9 cm³/mol. The zero-order valence-corrected chi connectivity index (χ0v) is 9.16. The first-order chi connectivity index (χ1) is 6.37. The Labute approximate surface area is 84.3 Å². The zero-order chi connectivity index (χ0) is 10.8. The second-order valence-electron chi connectivity index (χ2n) is 4.45. The Hall–Kier alpha value is -1.32. The van der Waals surface area contributed by atoms with Crippen LogP contribution in [0.25, 0.3) is 0 Å². The number of rotatable bonds is 2. The van der Waals surface area contributed by atoms with E-state index in [1.165, 1.54) is 0 Å². The zero-order valence-electron chi connectivity index (χ0n) is 9.16. The molecule has 0 fully saturated rings. The van der Waals surface area contributed by atoms with E-state index in [0.29, 0.717) is 0 Å². The Morgan fingerprint density at radius 1 is 1.57 bits per heavy atom. The number of carbonyl (C=O) groups excluding carboxylic acids is 1. The third kappa shape index (κ3) is 3.60. The van der Waals surface area contributed by atoms with Crippen molar-refractivity contribution in [2.45, 2.75) is 39.8 Å². The highest BCUT2D eigenvalue weighted by molar-refractivity contribution is 5.76. The molecule has 14 heavy (non-hydrogen) atoms. The molecule has 0 bridgehead atoms. The summed E-state index contributed by atoms with van der Waals surface area (Å²) in [5.41, 5.74) is 0.743. The van der Waals surface area contributed by atoms with E-state index in [9.17, 15) is 4.79 Å². The highest BCUT2D eigenvalue weighted by Gasteiger charge is 2.13. The fourth-order valence-electron chi connectivity index (χ4n) is 1.16. The Balaban J connectivity index is 2.50. The highest BCUT2D eigenvalue weighted by Crippen LogP contribution is 1.99. The topological polar surface area (TPSA) is 46.9 Å². The number of hydrogen-bond donors (Lipinski definition) is 1. The minimum Gasteiger partial charge on any atom is -0.350 e. The lowest BCUT2D eigenvalue weighted by Gasteiger charge is -2.20. The van der Waals surface area contributed by atoms with Crippen LogP contribution in [0.2, 0.25) is 0 Å². The molecule has 0 spiro atoms. The van der Waals surface area contributed by atoms with Gasteiger partial charge in [-0.3, -0.25) is 9.48 Å². The summed E-state index contributed by atoms with van der Waals surface area (Å²) in [7, 11) is 0. The molecule has 0 aliphatic rings. The van der Waals surface area contributed by atoms with Crippen molar-refractivity contribution in [3.05, 3.63) is 18.0 Å². The fourth-order valence-corrected chi connectivity index (χ4v) is 1.16. The number of nitrogens with one attached hydrogen (secondary N) is 1. The van der Waals surface area contributed by atoms with Crippen molar-refractivity contribution >= 4 is 5.91 Å². The van der Waals surface area contributed by atoms with Crippen molar-refractivity contribution in [3.8, 4) is 0 Å². The van der Waals surface area contributed by atoms with E-state index in [0.717, 1.165) is 5.69 Å². The maximum Gasteiger partial charge on any atom is 0.242 e. The number of hydrogen-bond acceptors (Lipinski definition) is 2. The lowest BCUT2D eigenvalue weighted by Crippen LogP contribution is -2.42. The summed E-state index contributed by atoms with van der Waals surface area (Å²) in [4.78, 5) is 11.5. The first kappa shape index (κ1) is 10.8. The van der Waals surface area contributed by atoms with Crippen LogP contribution in [0.1, 0.15) is 26.5 Å². The molecule has 1 aromatic rings. The Kier molecular flexibility index (Phi) is 2.93. The van der Waals surface area contributed by atoms with E-state index in [1.54, 1.807) is 10.9 Å². The minimum absolute atomic E-state index is 0.0133. The number of aryl methyl sites for hydroxylation is 1. The third-order valence-electron chi connectivity index (χ3n) is 1.59. The molecule has 0 atom stereocenters. The molecular weight excluding hydrogens is 178 g/mol. The number of aromatic nitrogens is 2. The smallest absolute Gasteiger partial charge is 0.242 e. The van der Waals surface area contributed by atoms with E-state index in [-0.39, 0.29) is 18.0 Å². The first-order valence-corrected chi connectivity index (χ1v) is 4.68. The van der Waals surface area contributed by atoms with Crippen LogP contribution in [0.4, 0.5) is 0 Å². The van der Waals surface area contributed by atoms with Gasteiger partial charge in [0, 0.05) is 11.7 Å². The van der Waals surface area contributed by atoms with Crippen LogP contribution in [-0.2, 0) is 11.3 Å². The van der Waals surface area contributed by atoms with Crippen LogP contribution in [0.3, 0.4) is 0 Å². The quantitative estimate of drug-likeness (QED) is 0.768. The van der Waals surface area contributed by atoms with Gasteiger partial charge in [-0.25, -0.2) is 0 Å². The van der Waals surface area contributed by atoms with Gasteiger partial charge in [0.1, 0.15) is 6.54 Å². The second kappa shape index (κ2) is 3.82. The lowest BCUT2D eigenvalue weighted by molar-refractivity contribution is -0.123. The van der Waals surface area contributed by atoms with Crippen molar-refractivity contribution in [2.75, 3.05) is 0 Å². The normalized spacial score (nSPS) is 11.4. The molecule has 0 saturated carbocycles. The number of amides is 1. The Bertz CT molecular complexity index is 322. The van der Waals surface area contributed by atoms with Crippen LogP contribution < -0.4 is 5.32 Å². The van der Waals surface area contributed by atoms with E-state index >= 15 is 0 Å². The van der Waals surface area contributed by atoms with Crippen molar-refractivity contribution in [1.29, 1.82) is 0 Å². The fraction of sp³-hybridized carbons (Fsp3) is 0.600. The largest absolute Gasteiger partial charge is 0.350 e. The van der Waals surface area contributed by atoms with Crippen LogP contribution in [-0.4, -0.2) is 21.2 Å². The summed E-state index contributed by atoms with van der Waals surface area (Å²) < 4.78 is 1.64. The maximum atomic E-state index is 11.5. The summed E-state index contributed by atoms with van der Waals surface area (Å²) in [6, 6.07) is 1.88. The van der Waals surface area contributed by atoms with Crippen molar-refractivity contribution in [3.63, 3.8) is 0 Å². The molecule has 0 radical (unpaired) electrons. The molecule has 0 unspecified atom stereocenters. The molecule has 0 saturated heterocycles. The maximum absolute atomic E-state index is 11.5. The van der Waals surface area contributed by atoms with Gasteiger partial charge >= 0.3 is 0 Å². The summed E-state index contributed by atoms with van der Waals surface area (Å²) in [6.45, 7) is 8.06. The monoisotopic (exact) mass is 195 g/mol. The van der Waals surface area contributed by atoms with Crippen LogP contribution in [0, 0.1) is 6.92 Å². The van der Waals surface area contributed by atoms with Crippen LogP contribution >= 0.6 is 0 Å². The summed E-state index contributed by atoms with van der Waals surface area (Å²) >= 11 is 0. The first-order valence-electron chi connectivity index (χ1n) is 4.68. The predicted octanol–water partition coefficient (Wildman–Crippen LogP) is 1.11. The third-order valence-corrected chi connectivity index (χ3v) is 1.59. The number of nitrogens with zero attached hydrogens (tertiary/aromatic N) is 2. The van der Waals surface area contributed by atoms with Gasteiger partial charge < -0.3 is 5.32 Å². The molecule has 0 aliphatic carbocycles.